The van der Waals surface area contributed by atoms with Gasteiger partial charge in [0.25, 0.3) is 10.0 Å². The van der Waals surface area contributed by atoms with Crippen molar-refractivity contribution in [2.75, 3.05) is 31.6 Å². The minimum absolute atomic E-state index is 0.00877. The van der Waals surface area contributed by atoms with Crippen LogP contribution in [0.5, 0.6) is 11.5 Å². The maximum Gasteiger partial charge on any atom is 0.264 e. The van der Waals surface area contributed by atoms with Crippen LogP contribution in [0, 0.1) is 12.8 Å². The molecular weight excluding hydrogens is 554 g/mol. The van der Waals surface area contributed by atoms with E-state index in [9.17, 15) is 18.0 Å². The molecule has 0 aliphatic rings. The molecule has 3 rings (SSSR count). The van der Waals surface area contributed by atoms with Crippen LogP contribution in [-0.2, 0) is 26.2 Å². The van der Waals surface area contributed by atoms with Crippen molar-refractivity contribution in [1.82, 2.24) is 10.2 Å². The van der Waals surface area contributed by atoms with Crippen molar-refractivity contribution in [3.05, 3.63) is 83.9 Å². The molecule has 0 heterocycles. The van der Waals surface area contributed by atoms with E-state index in [0.717, 1.165) is 15.4 Å². The lowest BCUT2D eigenvalue weighted by Gasteiger charge is -2.33. The van der Waals surface area contributed by atoms with Crippen LogP contribution in [0.4, 0.5) is 5.69 Å². The Kier molecular flexibility index (Phi) is 11.4. The highest BCUT2D eigenvalue weighted by Gasteiger charge is 2.35. The summed E-state index contributed by atoms with van der Waals surface area (Å²) in [6.45, 7) is 7.79. The molecule has 0 fully saturated rings. The summed E-state index contributed by atoms with van der Waals surface area (Å²) in [6, 6.07) is 19.5. The fourth-order valence-electron chi connectivity index (χ4n) is 4.46. The van der Waals surface area contributed by atoms with Crippen LogP contribution in [0.1, 0.15) is 38.3 Å². The molecule has 3 aromatic carbocycles. The molecule has 0 bridgehead atoms. The van der Waals surface area contributed by atoms with E-state index in [0.29, 0.717) is 18.7 Å². The second-order valence-electron chi connectivity index (χ2n) is 10.4. The van der Waals surface area contributed by atoms with E-state index in [4.69, 9.17) is 9.47 Å². The van der Waals surface area contributed by atoms with Crippen molar-refractivity contribution < 1.29 is 27.5 Å². The Morgan fingerprint density at radius 2 is 1.60 bits per heavy atom. The van der Waals surface area contributed by atoms with E-state index >= 15 is 0 Å². The van der Waals surface area contributed by atoms with Gasteiger partial charge in [-0.2, -0.15) is 0 Å². The number of benzene rings is 3. The van der Waals surface area contributed by atoms with Crippen molar-refractivity contribution in [3.8, 4) is 11.5 Å². The number of sulfonamides is 1. The Hall–Kier alpha value is -4.05. The van der Waals surface area contributed by atoms with Gasteiger partial charge in [0.1, 0.15) is 24.1 Å². The van der Waals surface area contributed by atoms with Crippen LogP contribution in [0.3, 0.4) is 0 Å². The number of aryl methyl sites for hydroxylation is 1. The van der Waals surface area contributed by atoms with Gasteiger partial charge < -0.3 is 19.7 Å². The van der Waals surface area contributed by atoms with E-state index in [2.05, 4.69) is 5.32 Å². The summed E-state index contributed by atoms with van der Waals surface area (Å²) < 4.78 is 40.1. The molecule has 3 aromatic rings. The molecule has 10 heteroatoms. The molecule has 1 atom stereocenters. The normalized spacial score (nSPS) is 12.0. The average Bonchev–Trinajstić information content (AvgIpc) is 2.99. The minimum atomic E-state index is -4.24. The highest BCUT2D eigenvalue weighted by Crippen LogP contribution is 2.36. The Morgan fingerprint density at radius 1 is 0.929 bits per heavy atom. The number of carbonyl (C=O) groups excluding carboxylic acids is 2. The lowest BCUT2D eigenvalue weighted by atomic mass is 10.1. The topological polar surface area (TPSA) is 105 Å². The maximum atomic E-state index is 14.2. The van der Waals surface area contributed by atoms with Gasteiger partial charge in [0.15, 0.2) is 0 Å². The summed E-state index contributed by atoms with van der Waals surface area (Å²) in [5.74, 6) is 0.0340. The van der Waals surface area contributed by atoms with Crippen LogP contribution in [0.15, 0.2) is 77.7 Å². The van der Waals surface area contributed by atoms with Gasteiger partial charge in [-0.15, -0.1) is 0 Å². The number of anilines is 1. The minimum Gasteiger partial charge on any atom is -0.497 e. The van der Waals surface area contributed by atoms with E-state index in [-0.39, 0.29) is 34.7 Å². The van der Waals surface area contributed by atoms with Crippen molar-refractivity contribution in [2.24, 2.45) is 5.92 Å². The lowest BCUT2D eigenvalue weighted by molar-refractivity contribution is -0.140. The summed E-state index contributed by atoms with van der Waals surface area (Å²) in [4.78, 5) is 29.1. The van der Waals surface area contributed by atoms with Crippen molar-refractivity contribution in [2.45, 2.75) is 51.6 Å². The van der Waals surface area contributed by atoms with Crippen molar-refractivity contribution in [3.63, 3.8) is 0 Å². The van der Waals surface area contributed by atoms with Crippen LogP contribution in [0.2, 0.25) is 0 Å². The number of ether oxygens (including phenoxy) is 2. The van der Waals surface area contributed by atoms with Gasteiger partial charge in [0.2, 0.25) is 11.8 Å². The molecule has 1 N–H and O–H groups in total. The second kappa shape index (κ2) is 14.7. The SMILES string of the molecule is CCC(C(=O)NCC(C)C)N(Cc1ccc(C)cc1)C(=O)CN(c1cc(OC)ccc1OC)S(=O)(=O)c1ccccc1. The fraction of sp³-hybridized carbons (Fsp3) is 0.375. The van der Waals surface area contributed by atoms with Gasteiger partial charge >= 0.3 is 0 Å². The van der Waals surface area contributed by atoms with Crippen LogP contribution in [0.25, 0.3) is 0 Å². The molecule has 0 saturated carbocycles. The number of rotatable bonds is 14. The number of methoxy groups -OCH3 is 2. The molecule has 226 valence electrons. The van der Waals surface area contributed by atoms with Crippen LogP contribution < -0.4 is 19.1 Å². The number of hydrogen-bond acceptors (Lipinski definition) is 6. The number of carbonyl (C=O) groups is 2. The van der Waals surface area contributed by atoms with Crippen molar-refractivity contribution in [1.29, 1.82) is 0 Å². The summed E-state index contributed by atoms with van der Waals surface area (Å²) in [6.07, 6.45) is 0.343. The highest BCUT2D eigenvalue weighted by atomic mass is 32.2. The summed E-state index contributed by atoms with van der Waals surface area (Å²) >= 11 is 0. The number of nitrogens with one attached hydrogen (secondary N) is 1. The molecule has 9 nitrogen and oxygen atoms in total. The van der Waals surface area contributed by atoms with Gasteiger partial charge in [0, 0.05) is 19.2 Å². The lowest BCUT2D eigenvalue weighted by Crippen LogP contribution is -2.52. The summed E-state index contributed by atoms with van der Waals surface area (Å²) in [5, 5.41) is 2.94. The van der Waals surface area contributed by atoms with Gasteiger partial charge in [0.05, 0.1) is 24.8 Å². The summed E-state index contributed by atoms with van der Waals surface area (Å²) in [7, 11) is -1.35. The first-order valence-corrected chi connectivity index (χ1v) is 15.4. The molecule has 0 spiro atoms. The molecule has 42 heavy (non-hydrogen) atoms. The van der Waals surface area contributed by atoms with Gasteiger partial charge in [-0.1, -0.05) is 68.8 Å². The van der Waals surface area contributed by atoms with Gasteiger partial charge in [-0.25, -0.2) is 8.42 Å². The summed E-state index contributed by atoms with van der Waals surface area (Å²) in [5.41, 5.74) is 2.02. The molecule has 0 saturated heterocycles. The van der Waals surface area contributed by atoms with Crippen molar-refractivity contribution >= 4 is 27.5 Å². The molecule has 0 aromatic heterocycles. The fourth-order valence-corrected chi connectivity index (χ4v) is 5.89. The first-order chi connectivity index (χ1) is 20.0. The first-order valence-electron chi connectivity index (χ1n) is 13.9. The molecule has 0 radical (unpaired) electrons. The number of hydrogen-bond donors (Lipinski definition) is 1. The molecule has 0 aliphatic heterocycles. The molecule has 1 unspecified atom stereocenters. The molecule has 0 aliphatic carbocycles. The third-order valence-corrected chi connectivity index (χ3v) is 8.58. The Bertz CT molecular complexity index is 1440. The van der Waals surface area contributed by atoms with E-state index < -0.39 is 28.5 Å². The maximum absolute atomic E-state index is 14.2. The zero-order chi connectivity index (χ0) is 30.9. The van der Waals surface area contributed by atoms with E-state index in [1.165, 1.54) is 37.3 Å². The average molecular weight is 596 g/mol. The van der Waals surface area contributed by atoms with E-state index in [1.807, 2.05) is 52.0 Å². The molecule has 2 amide bonds. The molecular formula is C32H41N3O6S. The predicted octanol–water partition coefficient (Wildman–Crippen LogP) is 4.79. The highest BCUT2D eigenvalue weighted by molar-refractivity contribution is 7.92. The third-order valence-electron chi connectivity index (χ3n) is 6.81. The number of amides is 2. The Labute approximate surface area is 249 Å². The Balaban J connectivity index is 2.12. The van der Waals surface area contributed by atoms with Gasteiger partial charge in [-0.05, 0) is 49.1 Å². The monoisotopic (exact) mass is 595 g/mol. The van der Waals surface area contributed by atoms with Gasteiger partial charge in [-0.3, -0.25) is 13.9 Å². The first kappa shape index (κ1) is 32.5. The van der Waals surface area contributed by atoms with Crippen LogP contribution >= 0.6 is 0 Å². The number of nitrogens with zero attached hydrogens (tertiary/aromatic N) is 2. The van der Waals surface area contributed by atoms with Crippen LogP contribution in [-0.4, -0.2) is 58.5 Å². The second-order valence-corrected chi connectivity index (χ2v) is 12.3. The largest absolute Gasteiger partial charge is 0.497 e. The predicted molar refractivity (Wildman–Crippen MR) is 164 cm³/mol. The smallest absolute Gasteiger partial charge is 0.264 e. The Morgan fingerprint density at radius 3 is 2.17 bits per heavy atom. The zero-order valence-corrected chi connectivity index (χ0v) is 26.0. The standard InChI is InChI=1S/C32H41N3O6S/c1-7-28(32(37)33-20-23(2)3)34(21-25-15-13-24(4)14-16-25)31(36)22-35(42(38,39)27-11-9-8-10-12-27)29-19-26(40-5)17-18-30(29)41-6/h8-19,23,28H,7,20-22H2,1-6H3,(H,33,37). The third kappa shape index (κ3) is 8.03. The van der Waals surface area contributed by atoms with E-state index in [1.54, 1.807) is 30.3 Å². The quantitative estimate of drug-likeness (QED) is 0.288. The zero-order valence-electron chi connectivity index (χ0n) is 25.2.